The summed E-state index contributed by atoms with van der Waals surface area (Å²) >= 11 is 0. The van der Waals surface area contributed by atoms with Gasteiger partial charge in [0.05, 0.1) is 6.26 Å². The number of likely N-dealkylation sites (N-methyl/N-ethyl adjacent to an activating group) is 1. The van der Waals surface area contributed by atoms with E-state index in [9.17, 15) is 0 Å². The van der Waals surface area contributed by atoms with Gasteiger partial charge < -0.3 is 9.73 Å². The molecule has 0 radical (unpaired) electrons. The molecule has 1 saturated carbocycles. The van der Waals surface area contributed by atoms with Gasteiger partial charge in [0.1, 0.15) is 5.76 Å². The average Bonchev–Trinajstić information content (AvgIpc) is 2.80. The zero-order valence-electron chi connectivity index (χ0n) is 9.54. The summed E-state index contributed by atoms with van der Waals surface area (Å²) in [5.74, 6) is 2.55. The molecule has 1 N–H and O–H groups in total. The summed E-state index contributed by atoms with van der Waals surface area (Å²) in [6.07, 6.45) is 8.74. The maximum atomic E-state index is 5.56. The summed E-state index contributed by atoms with van der Waals surface area (Å²) in [4.78, 5) is 0. The first kappa shape index (κ1) is 10.7. The monoisotopic (exact) mass is 207 g/mol. The third-order valence-corrected chi connectivity index (χ3v) is 3.55. The maximum absolute atomic E-state index is 5.56. The summed E-state index contributed by atoms with van der Waals surface area (Å²) in [5, 5.41) is 3.29. The Bertz CT molecular complexity index is 262. The molecule has 84 valence electrons. The van der Waals surface area contributed by atoms with Crippen LogP contribution in [0.2, 0.25) is 0 Å². The van der Waals surface area contributed by atoms with Crippen LogP contribution in [0, 0.1) is 5.92 Å². The Kier molecular flexibility index (Phi) is 3.84. The van der Waals surface area contributed by atoms with Crippen LogP contribution in [0.5, 0.6) is 0 Å². The summed E-state index contributed by atoms with van der Waals surface area (Å²) < 4.78 is 5.56. The highest BCUT2D eigenvalue weighted by atomic mass is 16.3. The zero-order valence-corrected chi connectivity index (χ0v) is 9.54. The predicted molar refractivity (Wildman–Crippen MR) is 62.0 cm³/mol. The second-order valence-corrected chi connectivity index (χ2v) is 4.58. The molecule has 1 aliphatic rings. The second-order valence-electron chi connectivity index (χ2n) is 4.58. The topological polar surface area (TPSA) is 25.2 Å². The predicted octanol–water partition coefficient (Wildman–Crippen LogP) is 3.16. The van der Waals surface area contributed by atoms with Crippen molar-refractivity contribution in [1.82, 2.24) is 5.32 Å². The smallest absolute Gasteiger partial charge is 0.108 e. The van der Waals surface area contributed by atoms with Crippen molar-refractivity contribution < 1.29 is 4.42 Å². The van der Waals surface area contributed by atoms with Crippen molar-refractivity contribution in [1.29, 1.82) is 0 Å². The number of rotatable bonds is 4. The highest BCUT2D eigenvalue weighted by Gasteiger charge is 2.26. The lowest BCUT2D eigenvalue weighted by Crippen LogP contribution is -2.25. The fourth-order valence-corrected chi connectivity index (χ4v) is 2.76. The van der Waals surface area contributed by atoms with E-state index in [0.717, 1.165) is 18.2 Å². The number of nitrogens with one attached hydrogen (secondary N) is 1. The Labute approximate surface area is 92.1 Å². The Morgan fingerprint density at radius 3 is 2.80 bits per heavy atom. The molecular formula is C13H21NO. The van der Waals surface area contributed by atoms with Crippen molar-refractivity contribution in [2.24, 2.45) is 5.92 Å². The molecule has 2 nitrogen and oxygen atoms in total. The van der Waals surface area contributed by atoms with E-state index < -0.39 is 0 Å². The molecule has 0 amide bonds. The molecule has 1 aliphatic carbocycles. The minimum atomic E-state index is 0.574. The Morgan fingerprint density at radius 2 is 2.20 bits per heavy atom. The van der Waals surface area contributed by atoms with E-state index in [4.69, 9.17) is 4.42 Å². The molecule has 0 bridgehead atoms. The number of furan rings is 1. The Hall–Kier alpha value is -0.760. The Balaban J connectivity index is 2.04. The summed E-state index contributed by atoms with van der Waals surface area (Å²) in [7, 11) is 2.03. The lowest BCUT2D eigenvalue weighted by molar-refractivity contribution is 0.273. The van der Waals surface area contributed by atoms with E-state index in [1.165, 1.54) is 32.1 Å². The van der Waals surface area contributed by atoms with E-state index in [2.05, 4.69) is 11.4 Å². The van der Waals surface area contributed by atoms with Gasteiger partial charge in [-0.15, -0.1) is 0 Å². The van der Waals surface area contributed by atoms with Crippen LogP contribution in [0.4, 0.5) is 0 Å². The van der Waals surface area contributed by atoms with Gasteiger partial charge in [0.15, 0.2) is 0 Å². The molecule has 15 heavy (non-hydrogen) atoms. The Morgan fingerprint density at radius 1 is 1.40 bits per heavy atom. The molecule has 2 heteroatoms. The van der Waals surface area contributed by atoms with Gasteiger partial charge in [-0.1, -0.05) is 19.3 Å². The molecule has 0 spiro atoms. The van der Waals surface area contributed by atoms with Crippen LogP contribution in [-0.4, -0.2) is 13.6 Å². The normalized spacial score (nSPS) is 20.3. The molecule has 0 aromatic carbocycles. The third-order valence-electron chi connectivity index (χ3n) is 3.55. The first-order valence-electron chi connectivity index (χ1n) is 6.10. The van der Waals surface area contributed by atoms with Crippen LogP contribution in [0.15, 0.2) is 22.8 Å². The molecule has 2 rings (SSSR count). The van der Waals surface area contributed by atoms with Crippen LogP contribution in [-0.2, 0) is 0 Å². The maximum Gasteiger partial charge on any atom is 0.108 e. The highest BCUT2D eigenvalue weighted by molar-refractivity contribution is 5.08. The first-order chi connectivity index (χ1) is 7.42. The summed E-state index contributed by atoms with van der Waals surface area (Å²) in [6, 6.07) is 4.12. The molecule has 1 aromatic heterocycles. The van der Waals surface area contributed by atoms with E-state index in [0.29, 0.717) is 5.92 Å². The SMILES string of the molecule is CNCC(c1ccco1)C1CCCCC1. The first-order valence-corrected chi connectivity index (χ1v) is 6.10. The minimum absolute atomic E-state index is 0.574. The zero-order chi connectivity index (χ0) is 10.5. The molecular weight excluding hydrogens is 186 g/mol. The average molecular weight is 207 g/mol. The van der Waals surface area contributed by atoms with E-state index in [1.807, 2.05) is 13.1 Å². The fourth-order valence-electron chi connectivity index (χ4n) is 2.76. The minimum Gasteiger partial charge on any atom is -0.469 e. The van der Waals surface area contributed by atoms with Gasteiger partial charge in [0, 0.05) is 12.5 Å². The van der Waals surface area contributed by atoms with Gasteiger partial charge >= 0.3 is 0 Å². The fraction of sp³-hybridized carbons (Fsp3) is 0.692. The summed E-state index contributed by atoms with van der Waals surface area (Å²) in [6.45, 7) is 1.04. The van der Waals surface area contributed by atoms with Crippen molar-refractivity contribution in [2.45, 2.75) is 38.0 Å². The van der Waals surface area contributed by atoms with E-state index >= 15 is 0 Å². The van der Waals surface area contributed by atoms with E-state index in [1.54, 1.807) is 6.26 Å². The number of hydrogen-bond donors (Lipinski definition) is 1. The van der Waals surface area contributed by atoms with Crippen molar-refractivity contribution in [3.63, 3.8) is 0 Å². The van der Waals surface area contributed by atoms with Gasteiger partial charge in [-0.2, -0.15) is 0 Å². The molecule has 0 aliphatic heterocycles. The van der Waals surface area contributed by atoms with Crippen molar-refractivity contribution in [3.05, 3.63) is 24.2 Å². The van der Waals surface area contributed by atoms with Crippen molar-refractivity contribution in [2.75, 3.05) is 13.6 Å². The van der Waals surface area contributed by atoms with Crippen LogP contribution in [0.1, 0.15) is 43.8 Å². The molecule has 1 unspecified atom stereocenters. The molecule has 1 aromatic rings. The number of hydrogen-bond acceptors (Lipinski definition) is 2. The third kappa shape index (κ3) is 2.63. The largest absolute Gasteiger partial charge is 0.469 e. The lowest BCUT2D eigenvalue weighted by atomic mass is 9.79. The molecule has 1 heterocycles. The van der Waals surface area contributed by atoms with Gasteiger partial charge in [0.25, 0.3) is 0 Å². The quantitative estimate of drug-likeness (QED) is 0.820. The molecule has 0 saturated heterocycles. The van der Waals surface area contributed by atoms with Crippen molar-refractivity contribution >= 4 is 0 Å². The van der Waals surface area contributed by atoms with Crippen LogP contribution < -0.4 is 5.32 Å². The van der Waals surface area contributed by atoms with Gasteiger partial charge in [-0.3, -0.25) is 0 Å². The standard InChI is InChI=1S/C13H21NO/c1-14-10-12(13-8-5-9-15-13)11-6-3-2-4-7-11/h5,8-9,11-12,14H,2-4,6-7,10H2,1H3. The highest BCUT2D eigenvalue weighted by Crippen LogP contribution is 2.35. The summed E-state index contributed by atoms with van der Waals surface area (Å²) in [5.41, 5.74) is 0. The van der Waals surface area contributed by atoms with Gasteiger partial charge in [0.2, 0.25) is 0 Å². The second kappa shape index (κ2) is 5.36. The van der Waals surface area contributed by atoms with E-state index in [-0.39, 0.29) is 0 Å². The lowest BCUT2D eigenvalue weighted by Gasteiger charge is -2.28. The van der Waals surface area contributed by atoms with Gasteiger partial charge in [-0.25, -0.2) is 0 Å². The van der Waals surface area contributed by atoms with Crippen LogP contribution in [0.25, 0.3) is 0 Å². The van der Waals surface area contributed by atoms with Gasteiger partial charge in [-0.05, 0) is 37.9 Å². The molecule has 1 fully saturated rings. The molecule has 1 atom stereocenters. The van der Waals surface area contributed by atoms with Crippen LogP contribution >= 0.6 is 0 Å². The van der Waals surface area contributed by atoms with Crippen molar-refractivity contribution in [3.8, 4) is 0 Å². The van der Waals surface area contributed by atoms with Crippen LogP contribution in [0.3, 0.4) is 0 Å².